The first kappa shape index (κ1) is 15.9. The summed E-state index contributed by atoms with van der Waals surface area (Å²) in [6.45, 7) is 0.599. The number of para-hydroxylation sites is 1. The van der Waals surface area contributed by atoms with E-state index >= 15 is 0 Å². The summed E-state index contributed by atoms with van der Waals surface area (Å²) in [6, 6.07) is 10.2. The van der Waals surface area contributed by atoms with Gasteiger partial charge in [-0.25, -0.2) is 0 Å². The number of hydrogen-bond acceptors (Lipinski definition) is 2. The van der Waals surface area contributed by atoms with E-state index in [9.17, 15) is 4.79 Å². The third kappa shape index (κ3) is 6.65. The van der Waals surface area contributed by atoms with Crippen LogP contribution in [-0.4, -0.2) is 18.6 Å². The van der Waals surface area contributed by atoms with Gasteiger partial charge in [-0.3, -0.25) is 4.79 Å². The summed E-state index contributed by atoms with van der Waals surface area (Å²) in [5.74, 6) is 1.05. The lowest BCUT2D eigenvalue weighted by molar-refractivity contribution is -0.122. The minimum Gasteiger partial charge on any atom is -0.494 e. The molecule has 0 bridgehead atoms. The van der Waals surface area contributed by atoms with Crippen LogP contribution in [0.25, 0.3) is 0 Å². The Balaban J connectivity index is 1.58. The topological polar surface area (TPSA) is 38.3 Å². The highest BCUT2D eigenvalue weighted by Gasteiger charge is 2.13. The molecular formula is C18H27NO2. The van der Waals surface area contributed by atoms with Gasteiger partial charge in [0.25, 0.3) is 0 Å². The molecule has 3 heteroatoms. The second-order valence-electron chi connectivity index (χ2n) is 5.87. The summed E-state index contributed by atoms with van der Waals surface area (Å²) in [4.78, 5) is 12.0. The lowest BCUT2D eigenvalue weighted by atomic mass is 9.96. The van der Waals surface area contributed by atoms with Crippen molar-refractivity contribution in [3.05, 3.63) is 30.3 Å². The predicted octanol–water partition coefficient (Wildman–Crippen LogP) is 4.07. The fraction of sp³-hybridized carbons (Fsp3) is 0.611. The van der Waals surface area contributed by atoms with E-state index in [4.69, 9.17) is 4.74 Å². The number of benzene rings is 1. The molecule has 0 unspecified atom stereocenters. The van der Waals surface area contributed by atoms with Gasteiger partial charge in [0.05, 0.1) is 6.61 Å². The SMILES string of the molecule is O=C(CCCOc1ccccc1)NC1CCCCCCC1. The largest absolute Gasteiger partial charge is 0.494 e. The van der Waals surface area contributed by atoms with E-state index < -0.39 is 0 Å². The Morgan fingerprint density at radius 1 is 1.05 bits per heavy atom. The van der Waals surface area contributed by atoms with Crippen LogP contribution in [0.15, 0.2) is 30.3 Å². The van der Waals surface area contributed by atoms with Gasteiger partial charge in [-0.05, 0) is 31.4 Å². The third-order valence-electron chi connectivity index (χ3n) is 4.03. The van der Waals surface area contributed by atoms with Crippen molar-refractivity contribution in [2.45, 2.75) is 63.8 Å². The molecule has 0 aliphatic heterocycles. The van der Waals surface area contributed by atoms with Crippen LogP contribution in [0.2, 0.25) is 0 Å². The van der Waals surface area contributed by atoms with Gasteiger partial charge in [-0.1, -0.05) is 50.3 Å². The van der Waals surface area contributed by atoms with Gasteiger partial charge in [0.1, 0.15) is 5.75 Å². The van der Waals surface area contributed by atoms with Crippen LogP contribution < -0.4 is 10.1 Å². The highest BCUT2D eigenvalue weighted by atomic mass is 16.5. The van der Waals surface area contributed by atoms with Crippen molar-refractivity contribution in [3.8, 4) is 5.75 Å². The molecule has 0 aromatic heterocycles. The van der Waals surface area contributed by atoms with Crippen molar-refractivity contribution >= 4 is 5.91 Å². The number of amides is 1. The van der Waals surface area contributed by atoms with Gasteiger partial charge in [0.15, 0.2) is 0 Å². The van der Waals surface area contributed by atoms with Crippen molar-refractivity contribution < 1.29 is 9.53 Å². The van der Waals surface area contributed by atoms with E-state index in [1.54, 1.807) is 0 Å². The van der Waals surface area contributed by atoms with Crippen molar-refractivity contribution in [1.82, 2.24) is 5.32 Å². The molecule has 1 aromatic carbocycles. The summed E-state index contributed by atoms with van der Waals surface area (Å²) < 4.78 is 5.60. The molecule has 1 aliphatic rings. The van der Waals surface area contributed by atoms with E-state index in [0.29, 0.717) is 19.1 Å². The van der Waals surface area contributed by atoms with Crippen LogP contribution in [0.5, 0.6) is 5.75 Å². The van der Waals surface area contributed by atoms with Crippen LogP contribution in [0.4, 0.5) is 0 Å². The number of carbonyl (C=O) groups excluding carboxylic acids is 1. The fourth-order valence-corrected chi connectivity index (χ4v) is 2.84. The molecule has 0 spiro atoms. The molecule has 0 atom stereocenters. The zero-order valence-corrected chi connectivity index (χ0v) is 12.9. The molecule has 21 heavy (non-hydrogen) atoms. The summed E-state index contributed by atoms with van der Waals surface area (Å²) >= 11 is 0. The Hall–Kier alpha value is -1.51. The first-order valence-corrected chi connectivity index (χ1v) is 8.32. The average Bonchev–Trinajstić information content (AvgIpc) is 2.47. The molecule has 1 N–H and O–H groups in total. The Kier molecular flexibility index (Phi) is 7.13. The van der Waals surface area contributed by atoms with Gasteiger partial charge < -0.3 is 10.1 Å². The van der Waals surface area contributed by atoms with Crippen molar-refractivity contribution in [2.24, 2.45) is 0 Å². The maximum absolute atomic E-state index is 12.0. The Bertz CT molecular complexity index is 397. The fourth-order valence-electron chi connectivity index (χ4n) is 2.84. The van der Waals surface area contributed by atoms with Crippen molar-refractivity contribution in [1.29, 1.82) is 0 Å². The zero-order valence-electron chi connectivity index (χ0n) is 12.9. The molecule has 0 saturated heterocycles. The molecular weight excluding hydrogens is 262 g/mol. The Morgan fingerprint density at radius 3 is 2.43 bits per heavy atom. The van der Waals surface area contributed by atoms with Crippen LogP contribution in [0.3, 0.4) is 0 Å². The number of hydrogen-bond donors (Lipinski definition) is 1. The highest BCUT2D eigenvalue weighted by molar-refractivity contribution is 5.76. The predicted molar refractivity (Wildman–Crippen MR) is 85.4 cm³/mol. The molecule has 0 heterocycles. The molecule has 2 rings (SSSR count). The normalized spacial score (nSPS) is 16.8. The molecule has 1 fully saturated rings. The molecule has 3 nitrogen and oxygen atoms in total. The number of nitrogens with one attached hydrogen (secondary N) is 1. The van der Waals surface area contributed by atoms with Crippen LogP contribution in [-0.2, 0) is 4.79 Å². The van der Waals surface area contributed by atoms with Gasteiger partial charge in [0.2, 0.25) is 5.91 Å². The number of rotatable bonds is 6. The Morgan fingerprint density at radius 2 is 1.71 bits per heavy atom. The summed E-state index contributed by atoms with van der Waals surface area (Å²) in [5, 5.41) is 3.19. The van der Waals surface area contributed by atoms with E-state index in [1.165, 1.54) is 32.1 Å². The molecule has 0 radical (unpaired) electrons. The van der Waals surface area contributed by atoms with E-state index in [0.717, 1.165) is 25.0 Å². The lowest BCUT2D eigenvalue weighted by Crippen LogP contribution is -2.35. The second-order valence-corrected chi connectivity index (χ2v) is 5.87. The van der Waals surface area contributed by atoms with Gasteiger partial charge in [-0.2, -0.15) is 0 Å². The summed E-state index contributed by atoms with van der Waals surface area (Å²) in [5.41, 5.74) is 0. The smallest absolute Gasteiger partial charge is 0.220 e. The van der Waals surface area contributed by atoms with Crippen LogP contribution in [0.1, 0.15) is 57.8 Å². The molecule has 1 aliphatic carbocycles. The highest BCUT2D eigenvalue weighted by Crippen LogP contribution is 2.17. The average molecular weight is 289 g/mol. The van der Waals surface area contributed by atoms with Gasteiger partial charge in [0, 0.05) is 12.5 Å². The van der Waals surface area contributed by atoms with Gasteiger partial charge >= 0.3 is 0 Å². The standard InChI is InChI=1S/C18H27NO2/c20-18(19-16-10-5-2-1-3-6-11-16)14-9-15-21-17-12-7-4-8-13-17/h4,7-8,12-13,16H,1-3,5-6,9-11,14-15H2,(H,19,20). The maximum atomic E-state index is 12.0. The summed E-state index contributed by atoms with van der Waals surface area (Å²) in [7, 11) is 0. The minimum atomic E-state index is 0.178. The zero-order chi connectivity index (χ0) is 14.8. The number of carbonyl (C=O) groups is 1. The first-order valence-electron chi connectivity index (χ1n) is 8.32. The van der Waals surface area contributed by atoms with Crippen LogP contribution >= 0.6 is 0 Å². The molecule has 1 saturated carbocycles. The third-order valence-corrected chi connectivity index (χ3v) is 4.03. The molecule has 1 amide bonds. The van der Waals surface area contributed by atoms with Crippen LogP contribution in [0, 0.1) is 0 Å². The lowest BCUT2D eigenvalue weighted by Gasteiger charge is -2.21. The molecule has 1 aromatic rings. The molecule has 116 valence electrons. The van der Waals surface area contributed by atoms with Crippen molar-refractivity contribution in [3.63, 3.8) is 0 Å². The minimum absolute atomic E-state index is 0.178. The monoisotopic (exact) mass is 289 g/mol. The second kappa shape index (κ2) is 9.43. The van der Waals surface area contributed by atoms with E-state index in [-0.39, 0.29) is 5.91 Å². The van der Waals surface area contributed by atoms with E-state index in [1.807, 2.05) is 30.3 Å². The first-order chi connectivity index (χ1) is 10.3. The summed E-state index contributed by atoms with van der Waals surface area (Å²) in [6.07, 6.45) is 10.1. The van der Waals surface area contributed by atoms with Crippen molar-refractivity contribution in [2.75, 3.05) is 6.61 Å². The quantitative estimate of drug-likeness (QED) is 0.802. The Labute approximate surface area is 128 Å². The van der Waals surface area contributed by atoms with E-state index in [2.05, 4.69) is 5.32 Å². The number of ether oxygens (including phenoxy) is 1. The maximum Gasteiger partial charge on any atom is 0.220 e. The van der Waals surface area contributed by atoms with Gasteiger partial charge in [-0.15, -0.1) is 0 Å².